The van der Waals surface area contributed by atoms with Crippen molar-refractivity contribution < 1.29 is 4.92 Å². The summed E-state index contributed by atoms with van der Waals surface area (Å²) >= 11 is 1.51. The Morgan fingerprint density at radius 3 is 2.84 bits per heavy atom. The van der Waals surface area contributed by atoms with Crippen molar-refractivity contribution in [3.63, 3.8) is 0 Å². The number of nitrogens with zero attached hydrogens (tertiary/aromatic N) is 2. The van der Waals surface area contributed by atoms with Crippen LogP contribution in [0.25, 0.3) is 0 Å². The van der Waals surface area contributed by atoms with E-state index in [1.165, 1.54) is 17.4 Å². The monoisotopic (exact) mass is 277 g/mol. The SMILES string of the molecule is CCc1csc(C(N)Cc2ccccc2[N+](=O)[O-])n1. The van der Waals surface area contributed by atoms with Gasteiger partial charge in [-0.2, -0.15) is 0 Å². The van der Waals surface area contributed by atoms with E-state index < -0.39 is 0 Å². The molecule has 0 fully saturated rings. The third kappa shape index (κ3) is 3.15. The van der Waals surface area contributed by atoms with Crippen LogP contribution >= 0.6 is 11.3 Å². The minimum Gasteiger partial charge on any atom is -0.322 e. The Labute approximate surface area is 115 Å². The molecule has 0 saturated carbocycles. The van der Waals surface area contributed by atoms with E-state index in [1.54, 1.807) is 18.2 Å². The summed E-state index contributed by atoms with van der Waals surface area (Å²) in [5.74, 6) is 0. The van der Waals surface area contributed by atoms with Crippen LogP contribution in [-0.4, -0.2) is 9.91 Å². The predicted octanol–water partition coefficient (Wildman–Crippen LogP) is 2.86. The number of benzene rings is 1. The lowest BCUT2D eigenvalue weighted by Crippen LogP contribution is -2.14. The third-order valence-electron chi connectivity index (χ3n) is 2.88. The van der Waals surface area contributed by atoms with Crippen LogP contribution in [0.15, 0.2) is 29.6 Å². The van der Waals surface area contributed by atoms with Gasteiger partial charge in [-0.25, -0.2) is 4.98 Å². The lowest BCUT2D eigenvalue weighted by atomic mass is 10.1. The van der Waals surface area contributed by atoms with E-state index in [4.69, 9.17) is 5.73 Å². The molecule has 0 bridgehead atoms. The van der Waals surface area contributed by atoms with E-state index >= 15 is 0 Å². The fourth-order valence-corrected chi connectivity index (χ4v) is 2.75. The number of nitro groups is 1. The summed E-state index contributed by atoms with van der Waals surface area (Å²) in [4.78, 5) is 15.0. The molecule has 6 heteroatoms. The van der Waals surface area contributed by atoms with E-state index in [0.29, 0.717) is 12.0 Å². The van der Waals surface area contributed by atoms with Crippen molar-refractivity contribution in [3.05, 3.63) is 56.0 Å². The number of para-hydroxylation sites is 1. The number of aromatic nitrogens is 1. The molecule has 0 aliphatic heterocycles. The van der Waals surface area contributed by atoms with Crippen LogP contribution in [0.2, 0.25) is 0 Å². The maximum atomic E-state index is 10.9. The molecule has 1 unspecified atom stereocenters. The summed E-state index contributed by atoms with van der Waals surface area (Å²) in [7, 11) is 0. The summed E-state index contributed by atoms with van der Waals surface area (Å²) in [5, 5.41) is 13.8. The minimum absolute atomic E-state index is 0.116. The van der Waals surface area contributed by atoms with Gasteiger partial charge < -0.3 is 5.73 Å². The molecule has 2 aromatic rings. The second-order valence-corrected chi connectivity index (χ2v) is 5.12. The van der Waals surface area contributed by atoms with E-state index in [1.807, 2.05) is 12.3 Å². The Kier molecular flexibility index (Phi) is 4.24. The summed E-state index contributed by atoms with van der Waals surface area (Å²) in [6.07, 6.45) is 1.29. The summed E-state index contributed by atoms with van der Waals surface area (Å²) < 4.78 is 0. The molecule has 1 aromatic carbocycles. The standard InChI is InChI=1S/C13H15N3O2S/c1-2-10-8-19-13(15-10)11(14)7-9-5-3-4-6-12(9)16(17)18/h3-6,8,11H,2,7,14H2,1H3. The van der Waals surface area contributed by atoms with Crippen molar-refractivity contribution in [2.45, 2.75) is 25.8 Å². The van der Waals surface area contributed by atoms with Crippen LogP contribution in [0.1, 0.15) is 29.2 Å². The summed E-state index contributed by atoms with van der Waals surface area (Å²) in [6.45, 7) is 2.03. The molecule has 100 valence electrons. The highest BCUT2D eigenvalue weighted by atomic mass is 32.1. The quantitative estimate of drug-likeness (QED) is 0.673. The zero-order valence-electron chi connectivity index (χ0n) is 10.6. The van der Waals surface area contributed by atoms with Gasteiger partial charge >= 0.3 is 0 Å². The van der Waals surface area contributed by atoms with Crippen molar-refractivity contribution in [1.82, 2.24) is 4.98 Å². The number of hydrogen-bond donors (Lipinski definition) is 1. The Bertz CT molecular complexity index is 583. The smallest absolute Gasteiger partial charge is 0.272 e. The molecule has 5 nitrogen and oxygen atoms in total. The van der Waals surface area contributed by atoms with Crippen molar-refractivity contribution in [3.8, 4) is 0 Å². The van der Waals surface area contributed by atoms with Gasteiger partial charge in [0.15, 0.2) is 0 Å². The van der Waals surface area contributed by atoms with E-state index in [2.05, 4.69) is 4.98 Å². The minimum atomic E-state index is -0.374. The van der Waals surface area contributed by atoms with E-state index in [9.17, 15) is 10.1 Å². The first-order chi connectivity index (χ1) is 9.11. The molecular formula is C13H15N3O2S. The highest BCUT2D eigenvalue weighted by molar-refractivity contribution is 7.09. The molecule has 1 aromatic heterocycles. The van der Waals surface area contributed by atoms with Crippen LogP contribution in [0.5, 0.6) is 0 Å². The molecule has 0 spiro atoms. The Hall–Kier alpha value is -1.79. The molecular weight excluding hydrogens is 262 g/mol. The maximum absolute atomic E-state index is 10.9. The van der Waals surface area contributed by atoms with Gasteiger partial charge in [-0.3, -0.25) is 10.1 Å². The zero-order valence-corrected chi connectivity index (χ0v) is 11.4. The molecule has 1 heterocycles. The molecule has 19 heavy (non-hydrogen) atoms. The molecule has 1 atom stereocenters. The summed E-state index contributed by atoms with van der Waals surface area (Å²) in [6, 6.07) is 6.39. The Morgan fingerprint density at radius 1 is 1.47 bits per heavy atom. The molecule has 0 radical (unpaired) electrons. The highest BCUT2D eigenvalue weighted by Gasteiger charge is 2.18. The zero-order chi connectivity index (χ0) is 13.8. The maximum Gasteiger partial charge on any atom is 0.272 e. The number of rotatable bonds is 5. The molecule has 0 aliphatic rings. The first-order valence-electron chi connectivity index (χ1n) is 6.04. The van der Waals surface area contributed by atoms with Crippen LogP contribution in [0, 0.1) is 10.1 Å². The lowest BCUT2D eigenvalue weighted by molar-refractivity contribution is -0.385. The van der Waals surface area contributed by atoms with Gasteiger partial charge in [0.25, 0.3) is 5.69 Å². The number of nitrogens with two attached hydrogens (primary N) is 1. The Morgan fingerprint density at radius 2 is 2.21 bits per heavy atom. The van der Waals surface area contributed by atoms with Crippen molar-refractivity contribution in [2.75, 3.05) is 0 Å². The highest BCUT2D eigenvalue weighted by Crippen LogP contribution is 2.25. The van der Waals surface area contributed by atoms with Gasteiger partial charge in [0.1, 0.15) is 5.01 Å². The van der Waals surface area contributed by atoms with Crippen LogP contribution in [0.3, 0.4) is 0 Å². The predicted molar refractivity (Wildman–Crippen MR) is 75.2 cm³/mol. The van der Waals surface area contributed by atoms with Gasteiger partial charge in [0.2, 0.25) is 0 Å². The van der Waals surface area contributed by atoms with Crippen molar-refractivity contribution in [2.24, 2.45) is 5.73 Å². The van der Waals surface area contributed by atoms with Crippen LogP contribution in [-0.2, 0) is 12.8 Å². The normalized spacial score (nSPS) is 12.3. The second-order valence-electron chi connectivity index (χ2n) is 4.23. The molecule has 0 saturated heterocycles. The second kappa shape index (κ2) is 5.90. The van der Waals surface area contributed by atoms with Gasteiger partial charge in [0.05, 0.1) is 16.7 Å². The first kappa shape index (κ1) is 13.6. The van der Waals surface area contributed by atoms with E-state index in [-0.39, 0.29) is 16.7 Å². The summed E-state index contributed by atoms with van der Waals surface area (Å²) in [5.41, 5.74) is 7.86. The number of nitro benzene ring substituents is 1. The Balaban J connectivity index is 2.19. The molecule has 0 aliphatic carbocycles. The van der Waals surface area contributed by atoms with Crippen molar-refractivity contribution in [1.29, 1.82) is 0 Å². The third-order valence-corrected chi connectivity index (χ3v) is 3.90. The first-order valence-corrected chi connectivity index (χ1v) is 6.92. The van der Waals surface area contributed by atoms with Crippen LogP contribution in [0.4, 0.5) is 5.69 Å². The fourth-order valence-electron chi connectivity index (χ4n) is 1.84. The van der Waals surface area contributed by atoms with E-state index in [0.717, 1.165) is 17.1 Å². The topological polar surface area (TPSA) is 82.0 Å². The number of aryl methyl sites for hydroxylation is 1. The largest absolute Gasteiger partial charge is 0.322 e. The van der Waals surface area contributed by atoms with Gasteiger partial charge in [-0.15, -0.1) is 11.3 Å². The van der Waals surface area contributed by atoms with Gasteiger partial charge in [-0.1, -0.05) is 25.1 Å². The molecule has 2 N–H and O–H groups in total. The average Bonchev–Trinajstić information content (AvgIpc) is 2.88. The molecule has 2 rings (SSSR count). The number of hydrogen-bond acceptors (Lipinski definition) is 5. The van der Waals surface area contributed by atoms with Crippen molar-refractivity contribution >= 4 is 17.0 Å². The van der Waals surface area contributed by atoms with Gasteiger partial charge in [0, 0.05) is 23.4 Å². The average molecular weight is 277 g/mol. The van der Waals surface area contributed by atoms with Crippen LogP contribution < -0.4 is 5.73 Å². The molecule has 0 amide bonds. The fraction of sp³-hybridized carbons (Fsp3) is 0.308. The lowest BCUT2D eigenvalue weighted by Gasteiger charge is -2.08. The van der Waals surface area contributed by atoms with Gasteiger partial charge in [-0.05, 0) is 6.42 Å². The number of thiazole rings is 1.